The molecule has 3 rings (SSSR count). The number of allylic oxidation sites excluding steroid dienone is 1. The van der Waals surface area contributed by atoms with E-state index in [1.54, 1.807) is 18.6 Å². The molecule has 5 heteroatoms. The van der Waals surface area contributed by atoms with Gasteiger partial charge in [-0.05, 0) is 43.0 Å². The van der Waals surface area contributed by atoms with Crippen LogP contribution in [0.1, 0.15) is 18.4 Å². The summed E-state index contributed by atoms with van der Waals surface area (Å²) < 4.78 is 0. The molecule has 3 unspecified atom stereocenters. The molecule has 0 aliphatic heterocycles. The molecule has 2 aliphatic rings. The Morgan fingerprint density at radius 2 is 2.37 bits per heavy atom. The van der Waals surface area contributed by atoms with E-state index < -0.39 is 0 Å². The first-order chi connectivity index (χ1) is 9.31. The van der Waals surface area contributed by atoms with Gasteiger partial charge >= 0.3 is 0 Å². The van der Waals surface area contributed by atoms with Crippen molar-refractivity contribution >= 4 is 23.5 Å². The number of rotatable bonds is 3. The van der Waals surface area contributed by atoms with Crippen LogP contribution in [0.4, 0.5) is 0 Å². The zero-order valence-corrected chi connectivity index (χ0v) is 11.3. The van der Waals surface area contributed by atoms with Crippen molar-refractivity contribution in [1.29, 1.82) is 0 Å². The maximum absolute atomic E-state index is 5.25. The average Bonchev–Trinajstić information content (AvgIpc) is 3.02. The van der Waals surface area contributed by atoms with Gasteiger partial charge in [-0.25, -0.2) is 0 Å². The van der Waals surface area contributed by atoms with Crippen molar-refractivity contribution in [3.8, 4) is 0 Å². The summed E-state index contributed by atoms with van der Waals surface area (Å²) in [6.45, 7) is 0. The van der Waals surface area contributed by atoms with E-state index in [1.165, 1.54) is 12.8 Å². The number of nitrogens with zero attached hydrogens (tertiary/aromatic N) is 2. The Morgan fingerprint density at radius 1 is 1.42 bits per heavy atom. The van der Waals surface area contributed by atoms with Crippen molar-refractivity contribution in [2.75, 3.05) is 0 Å². The van der Waals surface area contributed by atoms with Crippen LogP contribution in [-0.4, -0.2) is 22.4 Å². The fourth-order valence-electron chi connectivity index (χ4n) is 2.77. The second-order valence-corrected chi connectivity index (χ2v) is 5.42. The highest BCUT2D eigenvalue weighted by atomic mass is 32.1. The molecule has 1 heterocycles. The smallest absolute Gasteiger partial charge is 0.187 e. The van der Waals surface area contributed by atoms with Gasteiger partial charge in [0, 0.05) is 24.0 Å². The van der Waals surface area contributed by atoms with E-state index in [1.807, 2.05) is 12.1 Å². The Kier molecular flexibility index (Phi) is 3.55. The molecule has 0 saturated heterocycles. The van der Waals surface area contributed by atoms with Crippen LogP contribution >= 0.6 is 12.2 Å². The summed E-state index contributed by atoms with van der Waals surface area (Å²) in [6.07, 6.45) is 12.3. The predicted octanol–water partition coefficient (Wildman–Crippen LogP) is 1.84. The summed E-state index contributed by atoms with van der Waals surface area (Å²) in [7, 11) is 0. The van der Waals surface area contributed by atoms with Gasteiger partial charge in [0.05, 0.1) is 6.21 Å². The van der Waals surface area contributed by atoms with Crippen LogP contribution in [0.2, 0.25) is 0 Å². The molecule has 2 N–H and O–H groups in total. The Balaban J connectivity index is 1.47. The van der Waals surface area contributed by atoms with Gasteiger partial charge in [-0.2, -0.15) is 5.10 Å². The van der Waals surface area contributed by atoms with Gasteiger partial charge in [0.1, 0.15) is 0 Å². The molecule has 0 amide bonds. The van der Waals surface area contributed by atoms with Gasteiger partial charge in [0.15, 0.2) is 5.11 Å². The number of aromatic nitrogens is 1. The number of nitrogens with one attached hydrogen (secondary N) is 2. The Bertz CT molecular complexity index is 511. The third-order valence-corrected chi connectivity index (χ3v) is 3.87. The maximum atomic E-state index is 5.25. The number of hydrogen-bond donors (Lipinski definition) is 2. The van der Waals surface area contributed by atoms with E-state index in [9.17, 15) is 0 Å². The molecular weight excluding hydrogens is 256 g/mol. The second-order valence-electron chi connectivity index (χ2n) is 5.02. The van der Waals surface area contributed by atoms with Crippen molar-refractivity contribution in [3.63, 3.8) is 0 Å². The maximum Gasteiger partial charge on any atom is 0.187 e. The van der Waals surface area contributed by atoms with Crippen LogP contribution in [0.15, 0.2) is 41.8 Å². The van der Waals surface area contributed by atoms with Crippen LogP contribution in [0.25, 0.3) is 0 Å². The molecule has 1 aromatic rings. The molecule has 1 fully saturated rings. The third kappa shape index (κ3) is 2.98. The molecule has 2 aliphatic carbocycles. The second kappa shape index (κ2) is 5.48. The van der Waals surface area contributed by atoms with Gasteiger partial charge in [-0.3, -0.25) is 10.4 Å². The summed E-state index contributed by atoms with van der Waals surface area (Å²) in [5.74, 6) is 1.37. The van der Waals surface area contributed by atoms with Crippen LogP contribution in [-0.2, 0) is 0 Å². The van der Waals surface area contributed by atoms with Crippen LogP contribution in [0.3, 0.4) is 0 Å². The van der Waals surface area contributed by atoms with Gasteiger partial charge in [-0.1, -0.05) is 18.2 Å². The highest BCUT2D eigenvalue weighted by Gasteiger charge is 2.35. The molecule has 19 heavy (non-hydrogen) atoms. The minimum atomic E-state index is 0.462. The molecule has 1 aromatic heterocycles. The number of pyridine rings is 1. The molecule has 0 spiro atoms. The molecule has 98 valence electrons. The van der Waals surface area contributed by atoms with Gasteiger partial charge in [0.25, 0.3) is 0 Å². The average molecular weight is 272 g/mol. The van der Waals surface area contributed by atoms with E-state index in [0.717, 1.165) is 11.5 Å². The topological polar surface area (TPSA) is 49.3 Å². The fraction of sp³-hybridized carbons (Fsp3) is 0.357. The summed E-state index contributed by atoms with van der Waals surface area (Å²) >= 11 is 5.25. The van der Waals surface area contributed by atoms with Gasteiger partial charge in [0.2, 0.25) is 0 Å². The van der Waals surface area contributed by atoms with Crippen LogP contribution in [0.5, 0.6) is 0 Å². The first-order valence-corrected chi connectivity index (χ1v) is 6.90. The molecule has 0 radical (unpaired) electrons. The van der Waals surface area contributed by atoms with Crippen LogP contribution < -0.4 is 10.7 Å². The standard InChI is InChI=1S/C14H16N4S/c19-14(17-13-7-10-3-4-12(13)6-10)18-16-9-11-2-1-5-15-8-11/h1-5,8-10,12-13H,6-7H2,(H2,17,18,19). The zero-order chi connectivity index (χ0) is 13.1. The molecule has 3 atom stereocenters. The van der Waals surface area contributed by atoms with Crippen molar-refractivity contribution in [2.45, 2.75) is 18.9 Å². The summed E-state index contributed by atoms with van der Waals surface area (Å²) in [4.78, 5) is 4.02. The predicted molar refractivity (Wildman–Crippen MR) is 79.8 cm³/mol. The lowest BCUT2D eigenvalue weighted by Gasteiger charge is -2.20. The normalized spacial score (nSPS) is 27.9. The van der Waals surface area contributed by atoms with E-state index in [0.29, 0.717) is 17.1 Å². The lowest BCUT2D eigenvalue weighted by Crippen LogP contribution is -2.42. The van der Waals surface area contributed by atoms with Crippen molar-refractivity contribution in [2.24, 2.45) is 16.9 Å². The monoisotopic (exact) mass is 272 g/mol. The first kappa shape index (κ1) is 12.3. The quantitative estimate of drug-likeness (QED) is 0.381. The largest absolute Gasteiger partial charge is 0.358 e. The minimum absolute atomic E-state index is 0.462. The van der Waals surface area contributed by atoms with E-state index in [-0.39, 0.29) is 0 Å². The molecule has 1 saturated carbocycles. The SMILES string of the molecule is S=C(NN=Cc1cccnc1)NC1CC2C=CC1C2. The summed E-state index contributed by atoms with van der Waals surface area (Å²) in [6, 6.07) is 4.28. The minimum Gasteiger partial charge on any atom is -0.358 e. The number of hydrazone groups is 1. The van der Waals surface area contributed by atoms with Crippen molar-refractivity contribution in [1.82, 2.24) is 15.7 Å². The Labute approximate surface area is 118 Å². The van der Waals surface area contributed by atoms with Crippen molar-refractivity contribution in [3.05, 3.63) is 42.2 Å². The van der Waals surface area contributed by atoms with Crippen molar-refractivity contribution < 1.29 is 0 Å². The Hall–Kier alpha value is -1.75. The molecule has 0 aromatic carbocycles. The molecule has 4 nitrogen and oxygen atoms in total. The lowest BCUT2D eigenvalue weighted by molar-refractivity contribution is 0.521. The first-order valence-electron chi connectivity index (χ1n) is 6.49. The fourth-order valence-corrected chi connectivity index (χ4v) is 2.97. The number of thiocarbonyl (C=S) groups is 1. The van der Waals surface area contributed by atoms with E-state index in [4.69, 9.17) is 12.2 Å². The number of fused-ring (bicyclic) bond motifs is 2. The van der Waals surface area contributed by atoms with Gasteiger partial charge in [-0.15, -0.1) is 0 Å². The van der Waals surface area contributed by atoms with E-state index >= 15 is 0 Å². The third-order valence-electron chi connectivity index (χ3n) is 3.66. The Morgan fingerprint density at radius 3 is 3.05 bits per heavy atom. The number of hydrogen-bond acceptors (Lipinski definition) is 3. The van der Waals surface area contributed by atoms with E-state index in [2.05, 4.69) is 33.0 Å². The summed E-state index contributed by atoms with van der Waals surface area (Å²) in [5.41, 5.74) is 3.80. The van der Waals surface area contributed by atoms with Gasteiger partial charge < -0.3 is 5.32 Å². The highest BCUT2D eigenvalue weighted by molar-refractivity contribution is 7.80. The highest BCUT2D eigenvalue weighted by Crippen LogP contribution is 2.38. The summed E-state index contributed by atoms with van der Waals surface area (Å²) in [5, 5.41) is 8.03. The molecule has 2 bridgehead atoms. The van der Waals surface area contributed by atoms with Crippen LogP contribution in [0, 0.1) is 11.8 Å². The lowest BCUT2D eigenvalue weighted by atomic mass is 10.0. The molecular formula is C14H16N4S. The zero-order valence-electron chi connectivity index (χ0n) is 10.5.